The molecule has 3 heteroatoms. The highest BCUT2D eigenvalue weighted by atomic mass is 16.5. The normalized spacial score (nSPS) is 34.1. The van der Waals surface area contributed by atoms with Gasteiger partial charge in [0.05, 0.1) is 6.61 Å². The van der Waals surface area contributed by atoms with Gasteiger partial charge in [0.2, 0.25) is 0 Å². The van der Waals surface area contributed by atoms with Crippen LogP contribution in [0.2, 0.25) is 0 Å². The summed E-state index contributed by atoms with van der Waals surface area (Å²) in [5.41, 5.74) is 0. The van der Waals surface area contributed by atoms with Crippen LogP contribution in [0.1, 0.15) is 52.4 Å². The van der Waals surface area contributed by atoms with Crippen molar-refractivity contribution in [3.63, 3.8) is 0 Å². The summed E-state index contributed by atoms with van der Waals surface area (Å²) in [6, 6.07) is 1.43. The molecule has 0 saturated carbocycles. The predicted octanol–water partition coefficient (Wildman–Crippen LogP) is 2.66. The third kappa shape index (κ3) is 4.73. The summed E-state index contributed by atoms with van der Waals surface area (Å²) in [7, 11) is 0. The molecule has 2 rings (SSSR count). The Morgan fingerprint density at radius 2 is 2.11 bits per heavy atom. The summed E-state index contributed by atoms with van der Waals surface area (Å²) in [5.74, 6) is 0.681. The van der Waals surface area contributed by atoms with Crippen molar-refractivity contribution in [2.24, 2.45) is 5.92 Å². The molecule has 0 spiro atoms. The maximum atomic E-state index is 5.73. The SMILES string of the molecule is CCCNC1CCOCC1CN1CCCCCC1C. The van der Waals surface area contributed by atoms with Gasteiger partial charge in [0, 0.05) is 31.2 Å². The Hall–Kier alpha value is -0.120. The monoisotopic (exact) mass is 268 g/mol. The molecule has 1 N–H and O–H groups in total. The van der Waals surface area contributed by atoms with Crippen molar-refractivity contribution in [3.05, 3.63) is 0 Å². The minimum absolute atomic E-state index is 0.671. The number of nitrogens with zero attached hydrogens (tertiary/aromatic N) is 1. The van der Waals surface area contributed by atoms with E-state index in [2.05, 4.69) is 24.1 Å². The molecule has 2 heterocycles. The summed E-state index contributed by atoms with van der Waals surface area (Å²) in [4.78, 5) is 2.72. The van der Waals surface area contributed by atoms with Crippen LogP contribution in [-0.2, 0) is 4.74 Å². The Morgan fingerprint density at radius 1 is 1.21 bits per heavy atom. The first kappa shape index (κ1) is 15.3. The second-order valence-electron chi connectivity index (χ2n) is 6.38. The molecule has 3 unspecified atom stereocenters. The number of nitrogens with one attached hydrogen (secondary N) is 1. The van der Waals surface area contributed by atoms with Gasteiger partial charge in [-0.1, -0.05) is 19.8 Å². The molecule has 0 aromatic rings. The summed E-state index contributed by atoms with van der Waals surface area (Å²) in [6.07, 6.45) is 8.00. The highest BCUT2D eigenvalue weighted by Crippen LogP contribution is 2.21. The first-order valence-electron chi connectivity index (χ1n) is 8.36. The van der Waals surface area contributed by atoms with E-state index in [1.165, 1.54) is 51.6 Å². The largest absolute Gasteiger partial charge is 0.381 e. The first-order valence-corrected chi connectivity index (χ1v) is 8.36. The van der Waals surface area contributed by atoms with Crippen LogP contribution in [0.5, 0.6) is 0 Å². The van der Waals surface area contributed by atoms with Crippen molar-refractivity contribution >= 4 is 0 Å². The Labute approximate surface area is 119 Å². The Bertz CT molecular complexity index is 247. The predicted molar refractivity (Wildman–Crippen MR) is 80.5 cm³/mol. The van der Waals surface area contributed by atoms with Crippen molar-refractivity contribution < 1.29 is 4.74 Å². The molecule has 0 bridgehead atoms. The van der Waals surface area contributed by atoms with Gasteiger partial charge in [-0.2, -0.15) is 0 Å². The Balaban J connectivity index is 1.86. The van der Waals surface area contributed by atoms with Crippen LogP contribution < -0.4 is 5.32 Å². The summed E-state index contributed by atoms with van der Waals surface area (Å²) in [5, 5.41) is 3.73. The quantitative estimate of drug-likeness (QED) is 0.829. The third-order valence-corrected chi connectivity index (χ3v) is 4.79. The van der Waals surface area contributed by atoms with Crippen molar-refractivity contribution in [3.8, 4) is 0 Å². The van der Waals surface area contributed by atoms with Gasteiger partial charge < -0.3 is 15.0 Å². The molecule has 2 aliphatic rings. The van der Waals surface area contributed by atoms with Crippen LogP contribution in [0.4, 0.5) is 0 Å². The molecule has 2 aliphatic heterocycles. The zero-order valence-electron chi connectivity index (χ0n) is 12.9. The zero-order valence-corrected chi connectivity index (χ0v) is 12.9. The van der Waals surface area contributed by atoms with E-state index in [0.717, 1.165) is 25.8 Å². The molecule has 2 saturated heterocycles. The van der Waals surface area contributed by atoms with Gasteiger partial charge in [-0.25, -0.2) is 0 Å². The van der Waals surface area contributed by atoms with Crippen LogP contribution in [0.15, 0.2) is 0 Å². The van der Waals surface area contributed by atoms with Crippen molar-refractivity contribution in [2.75, 3.05) is 32.8 Å². The number of hydrogen-bond acceptors (Lipinski definition) is 3. The van der Waals surface area contributed by atoms with E-state index >= 15 is 0 Å². The average molecular weight is 268 g/mol. The molecule has 0 aromatic carbocycles. The fourth-order valence-corrected chi connectivity index (χ4v) is 3.48. The first-order chi connectivity index (χ1) is 9.31. The Kier molecular flexibility index (Phi) is 6.62. The van der Waals surface area contributed by atoms with Gasteiger partial charge in [0.15, 0.2) is 0 Å². The Morgan fingerprint density at radius 3 is 2.95 bits per heavy atom. The summed E-state index contributed by atoms with van der Waals surface area (Å²) >= 11 is 0. The summed E-state index contributed by atoms with van der Waals surface area (Å²) in [6.45, 7) is 10.2. The molecule has 112 valence electrons. The molecule has 3 nitrogen and oxygen atoms in total. The fraction of sp³-hybridized carbons (Fsp3) is 1.00. The molecule has 3 atom stereocenters. The minimum atomic E-state index is 0.671. The lowest BCUT2D eigenvalue weighted by atomic mass is 9.94. The van der Waals surface area contributed by atoms with Crippen LogP contribution >= 0.6 is 0 Å². The molecule has 2 fully saturated rings. The minimum Gasteiger partial charge on any atom is -0.381 e. The lowest BCUT2D eigenvalue weighted by Crippen LogP contribution is -2.49. The lowest BCUT2D eigenvalue weighted by molar-refractivity contribution is 0.0116. The van der Waals surface area contributed by atoms with E-state index in [-0.39, 0.29) is 0 Å². The molecule has 0 radical (unpaired) electrons. The number of rotatable bonds is 5. The van der Waals surface area contributed by atoms with Gasteiger partial charge in [0.1, 0.15) is 0 Å². The van der Waals surface area contributed by atoms with Gasteiger partial charge in [-0.05, 0) is 45.7 Å². The van der Waals surface area contributed by atoms with Crippen LogP contribution in [0.3, 0.4) is 0 Å². The van der Waals surface area contributed by atoms with Gasteiger partial charge >= 0.3 is 0 Å². The molecule has 0 aliphatic carbocycles. The summed E-state index contributed by atoms with van der Waals surface area (Å²) < 4.78 is 5.73. The van der Waals surface area contributed by atoms with E-state index in [1.54, 1.807) is 0 Å². The highest BCUT2D eigenvalue weighted by Gasteiger charge is 2.28. The zero-order chi connectivity index (χ0) is 13.5. The van der Waals surface area contributed by atoms with Crippen molar-refractivity contribution in [2.45, 2.75) is 64.5 Å². The van der Waals surface area contributed by atoms with Crippen molar-refractivity contribution in [1.29, 1.82) is 0 Å². The topological polar surface area (TPSA) is 24.5 Å². The van der Waals surface area contributed by atoms with Crippen LogP contribution in [-0.4, -0.2) is 49.8 Å². The fourth-order valence-electron chi connectivity index (χ4n) is 3.48. The van der Waals surface area contributed by atoms with Gasteiger partial charge in [0.25, 0.3) is 0 Å². The molecular formula is C16H32N2O. The standard InChI is InChI=1S/C16H32N2O/c1-3-9-17-16-8-11-19-13-15(16)12-18-10-6-4-5-7-14(18)2/h14-17H,3-13H2,1-2H3. The van der Waals surface area contributed by atoms with Crippen LogP contribution in [0.25, 0.3) is 0 Å². The molecule has 0 aromatic heterocycles. The number of likely N-dealkylation sites (tertiary alicyclic amines) is 1. The van der Waals surface area contributed by atoms with E-state index in [4.69, 9.17) is 4.74 Å². The van der Waals surface area contributed by atoms with Crippen molar-refractivity contribution in [1.82, 2.24) is 10.2 Å². The number of hydrogen-bond donors (Lipinski definition) is 1. The van der Waals surface area contributed by atoms with E-state index in [1.807, 2.05) is 0 Å². The lowest BCUT2D eigenvalue weighted by Gasteiger charge is -2.37. The molecular weight excluding hydrogens is 236 g/mol. The van der Waals surface area contributed by atoms with E-state index < -0.39 is 0 Å². The second-order valence-corrected chi connectivity index (χ2v) is 6.38. The highest BCUT2D eigenvalue weighted by molar-refractivity contribution is 4.84. The van der Waals surface area contributed by atoms with Gasteiger partial charge in [-0.3, -0.25) is 0 Å². The second kappa shape index (κ2) is 8.23. The smallest absolute Gasteiger partial charge is 0.0521 e. The maximum Gasteiger partial charge on any atom is 0.0521 e. The molecule has 0 amide bonds. The van der Waals surface area contributed by atoms with E-state index in [9.17, 15) is 0 Å². The maximum absolute atomic E-state index is 5.73. The number of ether oxygens (including phenoxy) is 1. The molecule has 19 heavy (non-hydrogen) atoms. The van der Waals surface area contributed by atoms with E-state index in [0.29, 0.717) is 12.0 Å². The average Bonchev–Trinajstić information content (AvgIpc) is 2.63. The third-order valence-electron chi connectivity index (χ3n) is 4.79. The van der Waals surface area contributed by atoms with Crippen LogP contribution in [0, 0.1) is 5.92 Å². The van der Waals surface area contributed by atoms with Gasteiger partial charge in [-0.15, -0.1) is 0 Å².